The minimum absolute atomic E-state index is 0.676. The summed E-state index contributed by atoms with van der Waals surface area (Å²) in [5, 5.41) is 0. The Hall–Kier alpha value is -1.56. The highest BCUT2D eigenvalue weighted by Crippen LogP contribution is 2.23. The van der Waals surface area contributed by atoms with E-state index in [4.69, 9.17) is 0 Å². The molecule has 0 aliphatic heterocycles. The molecule has 0 bridgehead atoms. The number of aryl methyl sites for hydroxylation is 4. The lowest BCUT2D eigenvalue weighted by Gasteiger charge is -2.18. The summed E-state index contributed by atoms with van der Waals surface area (Å²) in [5.74, 6) is 0.676. The molecule has 0 aliphatic carbocycles. The summed E-state index contributed by atoms with van der Waals surface area (Å²) < 4.78 is 0. The van der Waals surface area contributed by atoms with E-state index in [0.717, 1.165) is 6.42 Å². The average Bonchev–Trinajstić information content (AvgIpc) is 2.68. The molecule has 2 aromatic carbocycles. The molecule has 2 aromatic rings. The Labute approximate surface area is 174 Å². The van der Waals surface area contributed by atoms with Gasteiger partial charge >= 0.3 is 0 Å². The molecule has 153 valence electrons. The van der Waals surface area contributed by atoms with Gasteiger partial charge in [0, 0.05) is 0 Å². The predicted octanol–water partition coefficient (Wildman–Crippen LogP) is 8.28. The summed E-state index contributed by atoms with van der Waals surface area (Å²) in [6.07, 6.45) is 14.5. The number of unbranched alkanes of at least 4 members (excludes halogenated alkanes) is 5. The van der Waals surface area contributed by atoms with E-state index in [1.54, 1.807) is 0 Å². The van der Waals surface area contributed by atoms with Crippen molar-refractivity contribution in [3.63, 3.8) is 0 Å². The van der Waals surface area contributed by atoms with Gasteiger partial charge in [0.2, 0.25) is 0 Å². The third-order valence-corrected chi connectivity index (χ3v) is 6.26. The molecule has 0 heteroatoms. The zero-order valence-corrected chi connectivity index (χ0v) is 19.0. The van der Waals surface area contributed by atoms with E-state index in [0.29, 0.717) is 5.92 Å². The third-order valence-electron chi connectivity index (χ3n) is 6.26. The minimum atomic E-state index is 0.676. The van der Waals surface area contributed by atoms with Crippen LogP contribution in [0.25, 0.3) is 0 Å². The van der Waals surface area contributed by atoms with Crippen LogP contribution < -0.4 is 0 Å². The largest absolute Gasteiger partial charge is 0.0654 e. The van der Waals surface area contributed by atoms with Crippen molar-refractivity contribution in [1.82, 2.24) is 0 Å². The number of rotatable bonds is 12. The Kier molecular flexibility index (Phi) is 9.82. The fourth-order valence-corrected chi connectivity index (χ4v) is 3.96. The highest BCUT2D eigenvalue weighted by atomic mass is 14.2. The van der Waals surface area contributed by atoms with Crippen LogP contribution in [0.5, 0.6) is 0 Å². The van der Waals surface area contributed by atoms with Gasteiger partial charge in [-0.05, 0) is 92.7 Å². The van der Waals surface area contributed by atoms with Crippen molar-refractivity contribution in [1.29, 1.82) is 0 Å². The summed E-state index contributed by atoms with van der Waals surface area (Å²) in [4.78, 5) is 0. The van der Waals surface area contributed by atoms with E-state index in [9.17, 15) is 0 Å². The summed E-state index contributed by atoms with van der Waals surface area (Å²) in [6, 6.07) is 14.0. The normalized spacial score (nSPS) is 12.3. The van der Waals surface area contributed by atoms with Gasteiger partial charge in [0.15, 0.2) is 0 Å². The molecule has 28 heavy (non-hydrogen) atoms. The van der Waals surface area contributed by atoms with E-state index in [1.165, 1.54) is 84.7 Å². The number of hydrogen-bond acceptors (Lipinski definition) is 0. The molecule has 0 N–H and O–H groups in total. The second kappa shape index (κ2) is 12.1. The quantitative estimate of drug-likeness (QED) is 0.326. The first-order valence-corrected chi connectivity index (χ1v) is 11.4. The second-order valence-electron chi connectivity index (χ2n) is 8.80. The van der Waals surface area contributed by atoms with Crippen molar-refractivity contribution >= 4 is 0 Å². The monoisotopic (exact) mass is 377 g/mol. The molecule has 0 fully saturated rings. The minimum Gasteiger partial charge on any atom is -0.0654 e. The molecular formula is C28H41. The van der Waals surface area contributed by atoms with Crippen molar-refractivity contribution in [2.75, 3.05) is 0 Å². The summed E-state index contributed by atoms with van der Waals surface area (Å²) in [5.41, 5.74) is 8.57. The van der Waals surface area contributed by atoms with Crippen LogP contribution in [0.3, 0.4) is 0 Å². The Morgan fingerprint density at radius 1 is 0.679 bits per heavy atom. The van der Waals surface area contributed by atoms with E-state index in [-0.39, 0.29) is 0 Å². The lowest BCUT2D eigenvalue weighted by molar-refractivity contribution is 0.488. The van der Waals surface area contributed by atoms with Crippen molar-refractivity contribution in [2.24, 2.45) is 5.92 Å². The average molecular weight is 378 g/mol. The number of benzene rings is 2. The highest BCUT2D eigenvalue weighted by Gasteiger charge is 2.12. The fourth-order valence-electron chi connectivity index (χ4n) is 3.96. The molecule has 1 atom stereocenters. The van der Waals surface area contributed by atoms with Gasteiger partial charge in [-0.15, -0.1) is 0 Å². The zero-order chi connectivity index (χ0) is 20.4. The molecule has 0 saturated carbocycles. The van der Waals surface area contributed by atoms with Crippen molar-refractivity contribution in [2.45, 2.75) is 92.4 Å². The molecule has 1 unspecified atom stereocenters. The lowest BCUT2D eigenvalue weighted by Crippen LogP contribution is -2.08. The molecule has 1 radical (unpaired) electrons. The van der Waals surface area contributed by atoms with E-state index in [1.807, 2.05) is 0 Å². The van der Waals surface area contributed by atoms with Crippen LogP contribution >= 0.6 is 0 Å². The third kappa shape index (κ3) is 7.82. The molecule has 0 heterocycles. The Morgan fingerprint density at radius 2 is 1.25 bits per heavy atom. The van der Waals surface area contributed by atoms with Gasteiger partial charge in [-0.1, -0.05) is 81.8 Å². The highest BCUT2D eigenvalue weighted by molar-refractivity contribution is 5.32. The molecular weight excluding hydrogens is 336 g/mol. The fraction of sp³-hybridized carbons (Fsp3) is 0.536. The van der Waals surface area contributed by atoms with E-state index >= 15 is 0 Å². The maximum Gasteiger partial charge on any atom is -0.0245 e. The van der Waals surface area contributed by atoms with Crippen LogP contribution in [-0.2, 0) is 12.8 Å². The second-order valence-corrected chi connectivity index (χ2v) is 8.80. The molecule has 0 aliphatic rings. The van der Waals surface area contributed by atoms with Crippen LogP contribution in [0.2, 0.25) is 0 Å². The maximum absolute atomic E-state index is 2.59. The Morgan fingerprint density at radius 3 is 1.89 bits per heavy atom. The van der Waals surface area contributed by atoms with Crippen LogP contribution in [0.4, 0.5) is 0 Å². The van der Waals surface area contributed by atoms with Crippen LogP contribution in [0.15, 0.2) is 36.4 Å². The molecule has 0 amide bonds. The molecule has 0 aromatic heterocycles. The van der Waals surface area contributed by atoms with Crippen LogP contribution in [-0.4, -0.2) is 0 Å². The topological polar surface area (TPSA) is 0 Å². The van der Waals surface area contributed by atoms with Crippen LogP contribution in [0, 0.1) is 40.0 Å². The first kappa shape index (κ1) is 22.7. The molecule has 0 saturated heterocycles. The van der Waals surface area contributed by atoms with Gasteiger partial charge in [-0.3, -0.25) is 0 Å². The van der Waals surface area contributed by atoms with Gasteiger partial charge in [0.1, 0.15) is 0 Å². The van der Waals surface area contributed by atoms with Gasteiger partial charge < -0.3 is 0 Å². The molecule has 0 nitrogen and oxygen atoms in total. The first-order valence-electron chi connectivity index (χ1n) is 11.4. The SMILES string of the molecule is CCCCCCCCC([CH]Cc1ccc(C)c(C)c1)Cc1ccc(C)c(C)c1. The van der Waals surface area contributed by atoms with E-state index in [2.05, 4.69) is 77.4 Å². The van der Waals surface area contributed by atoms with Gasteiger partial charge in [-0.25, -0.2) is 0 Å². The first-order chi connectivity index (χ1) is 13.5. The summed E-state index contributed by atoms with van der Waals surface area (Å²) >= 11 is 0. The van der Waals surface area contributed by atoms with Gasteiger partial charge in [-0.2, -0.15) is 0 Å². The maximum atomic E-state index is 2.59. The summed E-state index contributed by atoms with van der Waals surface area (Å²) in [7, 11) is 0. The van der Waals surface area contributed by atoms with Crippen molar-refractivity contribution in [3.05, 3.63) is 76.2 Å². The lowest BCUT2D eigenvalue weighted by atomic mass is 9.87. The predicted molar refractivity (Wildman–Crippen MR) is 125 cm³/mol. The zero-order valence-electron chi connectivity index (χ0n) is 19.0. The van der Waals surface area contributed by atoms with Crippen molar-refractivity contribution < 1.29 is 0 Å². The standard InChI is InChI=1S/C28H41/c1-6-7-8-9-10-11-12-26(21-28-16-14-23(3)25(5)20-28)17-18-27-15-13-22(2)24(4)19-27/h13-17,19-20,26H,6-12,18,21H2,1-5H3. The van der Waals surface area contributed by atoms with Gasteiger partial charge in [0.05, 0.1) is 0 Å². The Balaban J connectivity index is 1.93. The van der Waals surface area contributed by atoms with E-state index < -0.39 is 0 Å². The smallest absolute Gasteiger partial charge is 0.0245 e. The number of hydrogen-bond donors (Lipinski definition) is 0. The molecule has 2 rings (SSSR count). The molecule has 0 spiro atoms. The van der Waals surface area contributed by atoms with Gasteiger partial charge in [0.25, 0.3) is 0 Å². The van der Waals surface area contributed by atoms with Crippen molar-refractivity contribution in [3.8, 4) is 0 Å². The Bertz CT molecular complexity index is 710. The summed E-state index contributed by atoms with van der Waals surface area (Å²) in [6.45, 7) is 11.2. The van der Waals surface area contributed by atoms with Crippen LogP contribution in [0.1, 0.15) is 85.3 Å².